The molecule has 0 spiro atoms. The zero-order chi connectivity index (χ0) is 17.5. The van der Waals surface area contributed by atoms with Crippen molar-refractivity contribution in [3.8, 4) is 5.75 Å². The molecule has 1 aromatic carbocycles. The van der Waals surface area contributed by atoms with Crippen LogP contribution in [0, 0.1) is 0 Å². The third kappa shape index (κ3) is 4.65. The predicted octanol–water partition coefficient (Wildman–Crippen LogP) is 2.80. The number of carbonyl (C=O) groups excluding carboxylic acids is 2. The second-order valence-electron chi connectivity index (χ2n) is 5.02. The molecule has 6 nitrogen and oxygen atoms in total. The highest BCUT2D eigenvalue weighted by atomic mass is 32.1. The van der Waals surface area contributed by atoms with Gasteiger partial charge in [0, 0.05) is 16.6 Å². The van der Waals surface area contributed by atoms with Crippen molar-refractivity contribution < 1.29 is 14.3 Å². The van der Waals surface area contributed by atoms with Gasteiger partial charge in [0.2, 0.25) is 0 Å². The summed E-state index contributed by atoms with van der Waals surface area (Å²) >= 11 is 1.60. The maximum Gasteiger partial charge on any atom is 0.288 e. The summed E-state index contributed by atoms with van der Waals surface area (Å²) in [5.41, 5.74) is 5.29. The van der Waals surface area contributed by atoms with E-state index in [1.807, 2.05) is 17.5 Å². The van der Waals surface area contributed by atoms with Crippen molar-refractivity contribution in [2.75, 3.05) is 0 Å². The molecule has 0 unspecified atom stereocenters. The highest BCUT2D eigenvalue weighted by molar-refractivity contribution is 7.09. The summed E-state index contributed by atoms with van der Waals surface area (Å²) < 4.78 is 5.67. The van der Waals surface area contributed by atoms with Gasteiger partial charge >= 0.3 is 0 Å². The zero-order valence-electron chi connectivity index (χ0n) is 13.1. The van der Waals surface area contributed by atoms with E-state index in [0.717, 1.165) is 4.88 Å². The number of carbonyl (C=O) groups is 2. The Hall–Kier alpha value is -3.19. The van der Waals surface area contributed by atoms with Gasteiger partial charge in [-0.25, -0.2) is 0 Å². The molecular formula is C18H15N3O3S. The molecule has 0 radical (unpaired) electrons. The molecule has 0 saturated carbocycles. The molecule has 3 aromatic rings. The molecule has 0 aliphatic carbocycles. The molecule has 126 valence electrons. The monoisotopic (exact) mass is 353 g/mol. The van der Waals surface area contributed by atoms with Gasteiger partial charge in [0.25, 0.3) is 11.8 Å². The average molecular weight is 353 g/mol. The predicted molar refractivity (Wildman–Crippen MR) is 94.3 cm³/mol. The van der Waals surface area contributed by atoms with Crippen LogP contribution in [0.4, 0.5) is 0 Å². The van der Waals surface area contributed by atoms with Crippen LogP contribution >= 0.6 is 11.3 Å². The van der Waals surface area contributed by atoms with Gasteiger partial charge in [0.1, 0.15) is 18.1 Å². The normalized spacial score (nSPS) is 10.1. The molecule has 0 aliphatic heterocycles. The number of ether oxygens (including phenoxy) is 1. The van der Waals surface area contributed by atoms with Crippen LogP contribution in [0.2, 0.25) is 0 Å². The standard InChI is InChI=1S/C18H15N3O3S/c22-17(20-21-18(23)16-8-1-2-9-19-16)13-5-3-6-14(11-13)24-12-15-7-4-10-25-15/h1-11H,12H2,(H,20,22)(H,21,23). The van der Waals surface area contributed by atoms with Crippen molar-refractivity contribution in [1.82, 2.24) is 15.8 Å². The molecule has 0 atom stereocenters. The van der Waals surface area contributed by atoms with Gasteiger partial charge in [0.05, 0.1) is 0 Å². The lowest BCUT2D eigenvalue weighted by Gasteiger charge is -2.09. The van der Waals surface area contributed by atoms with Crippen molar-refractivity contribution in [2.45, 2.75) is 6.61 Å². The zero-order valence-corrected chi connectivity index (χ0v) is 14.0. The van der Waals surface area contributed by atoms with Crippen LogP contribution in [0.15, 0.2) is 66.2 Å². The van der Waals surface area contributed by atoms with Gasteiger partial charge < -0.3 is 4.74 Å². The van der Waals surface area contributed by atoms with Gasteiger partial charge in [0.15, 0.2) is 0 Å². The van der Waals surface area contributed by atoms with Crippen molar-refractivity contribution >= 4 is 23.2 Å². The summed E-state index contributed by atoms with van der Waals surface area (Å²) in [5.74, 6) is -0.345. The third-order valence-electron chi connectivity index (χ3n) is 3.24. The maximum atomic E-state index is 12.2. The van der Waals surface area contributed by atoms with Crippen LogP contribution in [0.3, 0.4) is 0 Å². The number of aromatic nitrogens is 1. The van der Waals surface area contributed by atoms with Gasteiger partial charge in [-0.05, 0) is 41.8 Å². The van der Waals surface area contributed by atoms with E-state index in [-0.39, 0.29) is 5.69 Å². The molecule has 0 saturated heterocycles. The summed E-state index contributed by atoms with van der Waals surface area (Å²) in [7, 11) is 0. The first kappa shape index (κ1) is 16.7. The summed E-state index contributed by atoms with van der Waals surface area (Å²) in [4.78, 5) is 29.0. The molecule has 3 rings (SSSR count). The number of pyridine rings is 1. The van der Waals surface area contributed by atoms with Crippen LogP contribution in [0.5, 0.6) is 5.75 Å². The Kier molecular flexibility index (Phi) is 5.38. The van der Waals surface area contributed by atoms with Gasteiger partial charge in [-0.3, -0.25) is 25.4 Å². The number of hydrogen-bond donors (Lipinski definition) is 2. The van der Waals surface area contributed by atoms with E-state index in [1.165, 1.54) is 6.20 Å². The Morgan fingerprint density at radius 3 is 2.64 bits per heavy atom. The van der Waals surface area contributed by atoms with Crippen LogP contribution in [-0.2, 0) is 6.61 Å². The van der Waals surface area contributed by atoms with Gasteiger partial charge in [-0.1, -0.05) is 18.2 Å². The molecule has 2 N–H and O–H groups in total. The fraction of sp³-hybridized carbons (Fsp3) is 0.0556. The molecule has 2 aromatic heterocycles. The van der Waals surface area contributed by atoms with E-state index in [2.05, 4.69) is 15.8 Å². The third-order valence-corrected chi connectivity index (χ3v) is 4.09. The fourth-order valence-electron chi connectivity index (χ4n) is 2.02. The Morgan fingerprint density at radius 2 is 1.88 bits per heavy atom. The molecular weight excluding hydrogens is 338 g/mol. The average Bonchev–Trinajstić information content (AvgIpc) is 3.19. The number of amides is 2. The first-order chi connectivity index (χ1) is 12.2. The van der Waals surface area contributed by atoms with Crippen LogP contribution in [0.1, 0.15) is 25.7 Å². The Balaban J connectivity index is 1.56. The van der Waals surface area contributed by atoms with Crippen molar-refractivity contribution in [1.29, 1.82) is 0 Å². The fourth-order valence-corrected chi connectivity index (χ4v) is 2.64. The number of hydrazine groups is 1. The SMILES string of the molecule is O=C(NNC(=O)c1ccccn1)c1cccc(OCc2cccs2)c1. The smallest absolute Gasteiger partial charge is 0.288 e. The molecule has 0 aliphatic rings. The number of hydrogen-bond acceptors (Lipinski definition) is 5. The minimum atomic E-state index is -0.487. The van der Waals surface area contributed by atoms with E-state index in [1.54, 1.807) is 53.8 Å². The Bertz CT molecular complexity index is 851. The summed E-state index contributed by atoms with van der Waals surface area (Å²) in [6.07, 6.45) is 1.51. The topological polar surface area (TPSA) is 80.3 Å². The lowest BCUT2D eigenvalue weighted by atomic mass is 10.2. The molecule has 0 bridgehead atoms. The number of nitrogens with one attached hydrogen (secondary N) is 2. The number of rotatable bonds is 5. The summed E-state index contributed by atoms with van der Waals surface area (Å²) in [6, 6.07) is 15.6. The minimum absolute atomic E-state index is 0.218. The lowest BCUT2D eigenvalue weighted by Crippen LogP contribution is -2.41. The first-order valence-electron chi connectivity index (χ1n) is 7.49. The van der Waals surface area contributed by atoms with Gasteiger partial charge in [-0.2, -0.15) is 0 Å². The molecule has 7 heteroatoms. The highest BCUT2D eigenvalue weighted by Crippen LogP contribution is 2.17. The first-order valence-corrected chi connectivity index (χ1v) is 8.37. The summed E-state index contributed by atoms with van der Waals surface area (Å²) in [5, 5.41) is 1.98. The Labute approximate surface area is 148 Å². The van der Waals surface area contributed by atoms with Crippen molar-refractivity contribution in [3.63, 3.8) is 0 Å². The molecule has 2 heterocycles. The van der Waals surface area contributed by atoms with Gasteiger partial charge in [-0.15, -0.1) is 11.3 Å². The second kappa shape index (κ2) is 8.07. The van der Waals surface area contributed by atoms with Crippen molar-refractivity contribution in [2.24, 2.45) is 0 Å². The van der Waals surface area contributed by atoms with Crippen LogP contribution in [0.25, 0.3) is 0 Å². The van der Waals surface area contributed by atoms with Crippen LogP contribution < -0.4 is 15.6 Å². The van der Waals surface area contributed by atoms with E-state index in [0.29, 0.717) is 17.9 Å². The number of nitrogens with zero attached hydrogens (tertiary/aromatic N) is 1. The molecule has 25 heavy (non-hydrogen) atoms. The van der Waals surface area contributed by atoms with Crippen molar-refractivity contribution in [3.05, 3.63) is 82.3 Å². The Morgan fingerprint density at radius 1 is 1.00 bits per heavy atom. The largest absolute Gasteiger partial charge is 0.488 e. The quantitative estimate of drug-likeness (QED) is 0.691. The van der Waals surface area contributed by atoms with E-state index >= 15 is 0 Å². The van der Waals surface area contributed by atoms with E-state index in [9.17, 15) is 9.59 Å². The highest BCUT2D eigenvalue weighted by Gasteiger charge is 2.10. The van der Waals surface area contributed by atoms with Crippen LogP contribution in [-0.4, -0.2) is 16.8 Å². The molecule has 0 fully saturated rings. The summed E-state index contributed by atoms with van der Waals surface area (Å²) in [6.45, 7) is 0.444. The number of thiophene rings is 1. The van der Waals surface area contributed by atoms with E-state index in [4.69, 9.17) is 4.74 Å². The molecule has 2 amide bonds. The number of benzene rings is 1. The second-order valence-corrected chi connectivity index (χ2v) is 6.05. The maximum absolute atomic E-state index is 12.2. The minimum Gasteiger partial charge on any atom is -0.488 e. The van der Waals surface area contributed by atoms with E-state index < -0.39 is 11.8 Å². The lowest BCUT2D eigenvalue weighted by molar-refractivity contribution is 0.0844.